The van der Waals surface area contributed by atoms with E-state index in [9.17, 15) is 0 Å². The molecule has 31 heavy (non-hydrogen) atoms. The first-order chi connectivity index (χ1) is 15.3. The SMILES string of the molecule is CC1CCCN(c2ncc(-c3cccnc3)c(C3CCCN(c4ncccn4)C3)n2)C1. The molecule has 0 saturated carbocycles. The number of nitrogens with zero attached hydrogens (tertiary/aromatic N) is 7. The number of piperidine rings is 2. The summed E-state index contributed by atoms with van der Waals surface area (Å²) in [5.41, 5.74) is 3.28. The van der Waals surface area contributed by atoms with Crippen LogP contribution in [0, 0.1) is 5.92 Å². The van der Waals surface area contributed by atoms with Crippen molar-refractivity contribution in [1.29, 1.82) is 0 Å². The first kappa shape index (κ1) is 19.8. The molecule has 0 aromatic carbocycles. The minimum Gasteiger partial charge on any atom is -0.341 e. The Kier molecular flexibility index (Phi) is 5.74. The summed E-state index contributed by atoms with van der Waals surface area (Å²) in [4.78, 5) is 27.9. The van der Waals surface area contributed by atoms with E-state index in [0.717, 1.165) is 67.7 Å². The molecule has 0 amide bonds. The van der Waals surface area contributed by atoms with Crippen molar-refractivity contribution in [2.24, 2.45) is 5.92 Å². The third-order valence-electron chi connectivity index (χ3n) is 6.36. The lowest BCUT2D eigenvalue weighted by Crippen LogP contribution is -2.37. The van der Waals surface area contributed by atoms with Crippen LogP contribution in [-0.2, 0) is 0 Å². The zero-order valence-electron chi connectivity index (χ0n) is 18.1. The Bertz CT molecular complexity index is 995. The molecule has 3 aromatic heterocycles. The fourth-order valence-electron chi connectivity index (χ4n) is 4.80. The van der Waals surface area contributed by atoms with Gasteiger partial charge in [-0.15, -0.1) is 0 Å². The van der Waals surface area contributed by atoms with Gasteiger partial charge in [-0.25, -0.2) is 19.9 Å². The largest absolute Gasteiger partial charge is 0.341 e. The van der Waals surface area contributed by atoms with Gasteiger partial charge in [-0.1, -0.05) is 13.0 Å². The fourth-order valence-corrected chi connectivity index (χ4v) is 4.80. The van der Waals surface area contributed by atoms with Gasteiger partial charge in [-0.2, -0.15) is 0 Å². The van der Waals surface area contributed by atoms with Gasteiger partial charge in [0.15, 0.2) is 0 Å². The van der Waals surface area contributed by atoms with Gasteiger partial charge in [-0.3, -0.25) is 4.98 Å². The first-order valence-corrected chi connectivity index (χ1v) is 11.3. The standard InChI is InChI=1S/C24H29N7/c1-18-6-3-12-30(16-18)24-28-15-21(19-7-2-9-25-14-19)22(29-24)20-8-4-13-31(17-20)23-26-10-5-11-27-23/h2,5,7,9-11,14-15,18,20H,3-4,6,8,12-13,16-17H2,1H3. The summed E-state index contributed by atoms with van der Waals surface area (Å²) >= 11 is 0. The zero-order chi connectivity index (χ0) is 21.0. The molecule has 2 aliphatic heterocycles. The number of pyridine rings is 1. The molecule has 7 heteroatoms. The van der Waals surface area contributed by atoms with Crippen LogP contribution in [0.1, 0.15) is 44.2 Å². The van der Waals surface area contributed by atoms with E-state index in [4.69, 9.17) is 9.97 Å². The number of anilines is 2. The van der Waals surface area contributed by atoms with E-state index in [1.165, 1.54) is 12.8 Å². The summed E-state index contributed by atoms with van der Waals surface area (Å²) in [6, 6.07) is 5.94. The van der Waals surface area contributed by atoms with Crippen molar-refractivity contribution >= 4 is 11.9 Å². The van der Waals surface area contributed by atoms with Gasteiger partial charge in [0.25, 0.3) is 0 Å². The molecule has 0 radical (unpaired) electrons. The second-order valence-corrected chi connectivity index (χ2v) is 8.74. The molecule has 2 unspecified atom stereocenters. The van der Waals surface area contributed by atoms with Crippen molar-refractivity contribution < 1.29 is 0 Å². The molecule has 2 fully saturated rings. The van der Waals surface area contributed by atoms with Crippen molar-refractivity contribution in [3.8, 4) is 11.1 Å². The highest BCUT2D eigenvalue weighted by Crippen LogP contribution is 2.35. The molecule has 2 aliphatic rings. The molecule has 3 aromatic rings. The smallest absolute Gasteiger partial charge is 0.225 e. The van der Waals surface area contributed by atoms with Crippen LogP contribution in [0.4, 0.5) is 11.9 Å². The van der Waals surface area contributed by atoms with E-state index < -0.39 is 0 Å². The summed E-state index contributed by atoms with van der Waals surface area (Å²) in [5.74, 6) is 2.65. The minimum atomic E-state index is 0.303. The van der Waals surface area contributed by atoms with Gasteiger partial charge < -0.3 is 9.80 Å². The van der Waals surface area contributed by atoms with Crippen LogP contribution in [0.5, 0.6) is 0 Å². The average Bonchev–Trinajstić information content (AvgIpc) is 2.85. The van der Waals surface area contributed by atoms with Gasteiger partial charge in [0, 0.05) is 74.2 Å². The highest BCUT2D eigenvalue weighted by atomic mass is 15.3. The van der Waals surface area contributed by atoms with Gasteiger partial charge >= 0.3 is 0 Å². The summed E-state index contributed by atoms with van der Waals surface area (Å²) in [6.07, 6.45) is 14.0. The van der Waals surface area contributed by atoms with Crippen molar-refractivity contribution in [3.05, 3.63) is 54.9 Å². The molecule has 0 aliphatic carbocycles. The third kappa shape index (κ3) is 4.36. The van der Waals surface area contributed by atoms with Crippen molar-refractivity contribution in [2.75, 3.05) is 36.0 Å². The zero-order valence-corrected chi connectivity index (χ0v) is 18.1. The predicted octanol–water partition coefficient (Wildman–Crippen LogP) is 3.95. The summed E-state index contributed by atoms with van der Waals surface area (Å²) in [7, 11) is 0. The Morgan fingerprint density at radius 3 is 2.42 bits per heavy atom. The van der Waals surface area contributed by atoms with E-state index in [2.05, 4.69) is 37.7 Å². The molecule has 2 saturated heterocycles. The van der Waals surface area contributed by atoms with E-state index in [1.807, 2.05) is 43.1 Å². The summed E-state index contributed by atoms with van der Waals surface area (Å²) in [6.45, 7) is 6.22. The van der Waals surface area contributed by atoms with E-state index in [1.54, 1.807) is 0 Å². The lowest BCUT2D eigenvalue weighted by atomic mass is 9.90. The molecular weight excluding hydrogens is 386 g/mol. The van der Waals surface area contributed by atoms with E-state index >= 15 is 0 Å². The van der Waals surface area contributed by atoms with Crippen molar-refractivity contribution in [1.82, 2.24) is 24.9 Å². The molecular formula is C24H29N7. The summed E-state index contributed by atoms with van der Waals surface area (Å²) in [5, 5.41) is 0. The van der Waals surface area contributed by atoms with Crippen molar-refractivity contribution in [2.45, 2.75) is 38.5 Å². The predicted molar refractivity (Wildman–Crippen MR) is 122 cm³/mol. The van der Waals surface area contributed by atoms with Crippen LogP contribution in [0.15, 0.2) is 49.2 Å². The highest BCUT2D eigenvalue weighted by molar-refractivity contribution is 5.66. The second kappa shape index (κ2) is 8.96. The molecule has 5 rings (SSSR count). The van der Waals surface area contributed by atoms with E-state index in [0.29, 0.717) is 11.8 Å². The minimum absolute atomic E-state index is 0.303. The van der Waals surface area contributed by atoms with Gasteiger partial charge in [-0.05, 0) is 43.7 Å². The molecule has 7 nitrogen and oxygen atoms in total. The molecule has 160 valence electrons. The van der Waals surface area contributed by atoms with Crippen molar-refractivity contribution in [3.63, 3.8) is 0 Å². The van der Waals surface area contributed by atoms with Gasteiger partial charge in [0.1, 0.15) is 0 Å². The van der Waals surface area contributed by atoms with Gasteiger partial charge in [0.2, 0.25) is 11.9 Å². The Labute approximate surface area is 183 Å². The van der Waals surface area contributed by atoms with Crippen LogP contribution in [0.2, 0.25) is 0 Å². The molecule has 0 N–H and O–H groups in total. The number of hydrogen-bond acceptors (Lipinski definition) is 7. The molecule has 2 atom stereocenters. The maximum atomic E-state index is 5.18. The number of hydrogen-bond donors (Lipinski definition) is 0. The van der Waals surface area contributed by atoms with Gasteiger partial charge in [0.05, 0.1) is 5.69 Å². The Hall–Kier alpha value is -3.09. The van der Waals surface area contributed by atoms with Crippen LogP contribution < -0.4 is 9.80 Å². The topological polar surface area (TPSA) is 70.9 Å². The lowest BCUT2D eigenvalue weighted by Gasteiger charge is -2.34. The normalized spacial score (nSPS) is 21.8. The average molecular weight is 416 g/mol. The van der Waals surface area contributed by atoms with Crippen LogP contribution in [0.25, 0.3) is 11.1 Å². The molecule has 5 heterocycles. The highest BCUT2D eigenvalue weighted by Gasteiger charge is 2.28. The lowest BCUT2D eigenvalue weighted by molar-refractivity contribution is 0.440. The van der Waals surface area contributed by atoms with Crippen LogP contribution >= 0.6 is 0 Å². The Morgan fingerprint density at radius 2 is 1.65 bits per heavy atom. The monoisotopic (exact) mass is 415 g/mol. The third-order valence-corrected chi connectivity index (χ3v) is 6.36. The molecule has 0 bridgehead atoms. The molecule has 0 spiro atoms. The van der Waals surface area contributed by atoms with E-state index in [-0.39, 0.29) is 0 Å². The second-order valence-electron chi connectivity index (χ2n) is 8.74. The van der Waals surface area contributed by atoms with Crippen LogP contribution in [-0.4, -0.2) is 51.1 Å². The number of aromatic nitrogens is 5. The fraction of sp³-hybridized carbons (Fsp3) is 0.458. The maximum Gasteiger partial charge on any atom is 0.225 e. The Morgan fingerprint density at radius 1 is 0.839 bits per heavy atom. The summed E-state index contributed by atoms with van der Waals surface area (Å²) < 4.78 is 0. The Balaban J connectivity index is 1.50. The maximum absolute atomic E-state index is 5.18. The van der Waals surface area contributed by atoms with Crippen LogP contribution in [0.3, 0.4) is 0 Å². The quantitative estimate of drug-likeness (QED) is 0.639. The first-order valence-electron chi connectivity index (χ1n) is 11.3. The number of rotatable bonds is 4.